The van der Waals surface area contributed by atoms with Crippen LogP contribution in [0.25, 0.3) is 55.6 Å². The number of benzene rings is 11. The summed E-state index contributed by atoms with van der Waals surface area (Å²) in [6.45, 7) is 21.1. The van der Waals surface area contributed by atoms with Gasteiger partial charge in [-0.3, -0.25) is 0 Å². The predicted molar refractivity (Wildman–Crippen MR) is 342 cm³/mol. The molecule has 394 valence electrons. The van der Waals surface area contributed by atoms with Crippen LogP contribution < -0.4 is 4.90 Å². The minimum absolute atomic E-state index is 0.00966. The van der Waals surface area contributed by atoms with Crippen LogP contribution in [0.2, 0.25) is 0 Å². The van der Waals surface area contributed by atoms with Crippen LogP contribution in [0.3, 0.4) is 0 Å². The molecule has 0 saturated carbocycles. The molecular formula is C80H69N. The van der Waals surface area contributed by atoms with Crippen molar-refractivity contribution < 1.29 is 0 Å². The Morgan fingerprint density at radius 3 is 1.26 bits per heavy atom. The smallest absolute Gasteiger partial charge is 0.0714 e. The molecule has 11 aromatic rings. The summed E-state index contributed by atoms with van der Waals surface area (Å²) in [5, 5.41) is 0. The van der Waals surface area contributed by atoms with Crippen molar-refractivity contribution in [1.29, 1.82) is 0 Å². The van der Waals surface area contributed by atoms with E-state index in [2.05, 4.69) is 322 Å². The molecule has 0 radical (unpaired) electrons. The lowest BCUT2D eigenvalue weighted by molar-refractivity contribution is 0.588. The van der Waals surface area contributed by atoms with Crippen LogP contribution >= 0.6 is 0 Å². The molecule has 3 aliphatic rings. The first-order valence-electron chi connectivity index (χ1n) is 29.1. The number of rotatable bonds is 8. The van der Waals surface area contributed by atoms with Gasteiger partial charge in [-0.1, -0.05) is 274 Å². The molecule has 0 aliphatic heterocycles. The van der Waals surface area contributed by atoms with E-state index in [9.17, 15) is 0 Å². The van der Waals surface area contributed by atoms with Crippen LogP contribution in [-0.4, -0.2) is 0 Å². The highest BCUT2D eigenvalue weighted by molar-refractivity contribution is 5.95. The second kappa shape index (κ2) is 18.4. The zero-order chi connectivity index (χ0) is 55.6. The van der Waals surface area contributed by atoms with E-state index < -0.39 is 5.41 Å². The van der Waals surface area contributed by atoms with Gasteiger partial charge in [0.05, 0.1) is 5.41 Å². The van der Waals surface area contributed by atoms with Crippen molar-refractivity contribution in [2.24, 2.45) is 0 Å². The minimum atomic E-state index is -0.604. The molecular weight excluding hydrogens is 975 g/mol. The lowest BCUT2D eigenvalue weighted by atomic mass is 9.67. The maximum atomic E-state index is 2.53. The third kappa shape index (κ3) is 7.65. The molecule has 0 saturated heterocycles. The summed E-state index contributed by atoms with van der Waals surface area (Å²) in [5.41, 5.74) is 29.4. The highest BCUT2D eigenvalue weighted by Crippen LogP contribution is 2.59. The lowest BCUT2D eigenvalue weighted by Crippen LogP contribution is -2.29. The second-order valence-corrected chi connectivity index (χ2v) is 25.8. The monoisotopic (exact) mass is 1040 g/mol. The van der Waals surface area contributed by atoms with Gasteiger partial charge in [0.1, 0.15) is 0 Å². The van der Waals surface area contributed by atoms with Crippen molar-refractivity contribution in [3.63, 3.8) is 0 Å². The Balaban J connectivity index is 0.980. The number of nitrogens with zero attached hydrogens (tertiary/aromatic N) is 1. The Labute approximate surface area is 480 Å². The third-order valence-electron chi connectivity index (χ3n) is 18.8. The second-order valence-electron chi connectivity index (χ2n) is 25.8. The van der Waals surface area contributed by atoms with E-state index in [0.717, 1.165) is 17.1 Å². The molecule has 1 heteroatoms. The summed E-state index contributed by atoms with van der Waals surface area (Å²) < 4.78 is 0. The summed E-state index contributed by atoms with van der Waals surface area (Å²) in [7, 11) is 0. The molecule has 1 atom stereocenters. The molecule has 0 bridgehead atoms. The van der Waals surface area contributed by atoms with E-state index in [1.165, 1.54) is 117 Å². The Morgan fingerprint density at radius 2 is 0.691 bits per heavy atom. The molecule has 0 aromatic heterocycles. The van der Waals surface area contributed by atoms with Gasteiger partial charge in [-0.2, -0.15) is 0 Å². The van der Waals surface area contributed by atoms with Crippen molar-refractivity contribution in [2.45, 2.75) is 89.4 Å². The predicted octanol–water partition coefficient (Wildman–Crippen LogP) is 21.1. The molecule has 1 unspecified atom stereocenters. The van der Waals surface area contributed by atoms with E-state index in [4.69, 9.17) is 0 Å². The summed E-state index contributed by atoms with van der Waals surface area (Å²) >= 11 is 0. The van der Waals surface area contributed by atoms with Gasteiger partial charge < -0.3 is 4.90 Å². The molecule has 81 heavy (non-hydrogen) atoms. The van der Waals surface area contributed by atoms with Gasteiger partial charge in [0.15, 0.2) is 0 Å². The molecule has 0 fully saturated rings. The van der Waals surface area contributed by atoms with Crippen LogP contribution in [0.5, 0.6) is 0 Å². The largest absolute Gasteiger partial charge is 0.310 e. The zero-order valence-corrected chi connectivity index (χ0v) is 48.2. The van der Waals surface area contributed by atoms with E-state index in [-0.39, 0.29) is 21.7 Å². The first-order valence-corrected chi connectivity index (χ1v) is 29.1. The zero-order valence-electron chi connectivity index (χ0n) is 48.2. The number of anilines is 3. The van der Waals surface area contributed by atoms with Crippen molar-refractivity contribution in [3.05, 3.63) is 316 Å². The van der Waals surface area contributed by atoms with Crippen molar-refractivity contribution >= 4 is 17.1 Å². The average molecular weight is 1040 g/mol. The van der Waals surface area contributed by atoms with Gasteiger partial charge in [-0.05, 0) is 171 Å². The molecule has 0 heterocycles. The Bertz CT molecular complexity index is 4200. The first-order chi connectivity index (χ1) is 39.1. The topological polar surface area (TPSA) is 3.24 Å². The molecule has 0 amide bonds. The first kappa shape index (κ1) is 50.4. The Morgan fingerprint density at radius 1 is 0.284 bits per heavy atom. The molecule has 3 aliphatic carbocycles. The molecule has 0 spiro atoms. The molecule has 0 N–H and O–H groups in total. The standard InChI is InChI=1S/C80H69N/c1-76(2,3)53-36-40-56(41-37-53)80(57-42-38-54(39-43-57)77(4,5)6)72-33-20-17-27-64(72)67-49-47-60(51-74(67)80)81(59-46-48-66-63-26-16-19-32-71(63)79(9,73(66)50-59)55-22-11-10-12-23-55)58-44-34-52(35-45-58)61-24-13-14-25-62(61)68-29-21-30-69-65-28-15-18-31-70(65)78(7,8)75(68)69/h10-51H,1-9H3. The van der Waals surface area contributed by atoms with Gasteiger partial charge >= 0.3 is 0 Å². The Kier molecular flexibility index (Phi) is 11.4. The van der Waals surface area contributed by atoms with Crippen LogP contribution in [-0.2, 0) is 27.1 Å². The van der Waals surface area contributed by atoms with Crippen LogP contribution in [0.4, 0.5) is 17.1 Å². The summed E-state index contributed by atoms with van der Waals surface area (Å²) in [6.07, 6.45) is 0. The normalized spacial score (nSPS) is 16.0. The fraction of sp³-hybridized carbons (Fsp3) is 0.175. The van der Waals surface area contributed by atoms with E-state index in [1.54, 1.807) is 0 Å². The van der Waals surface area contributed by atoms with Crippen LogP contribution in [0.15, 0.2) is 255 Å². The highest BCUT2D eigenvalue weighted by Gasteiger charge is 2.47. The summed E-state index contributed by atoms with van der Waals surface area (Å²) in [6, 6.07) is 97.2. The lowest BCUT2D eigenvalue weighted by Gasteiger charge is -2.36. The summed E-state index contributed by atoms with van der Waals surface area (Å²) in [4.78, 5) is 2.52. The highest BCUT2D eigenvalue weighted by atomic mass is 15.1. The number of fused-ring (bicyclic) bond motifs is 9. The van der Waals surface area contributed by atoms with Gasteiger partial charge in [0.2, 0.25) is 0 Å². The van der Waals surface area contributed by atoms with Gasteiger partial charge in [-0.25, -0.2) is 0 Å². The maximum Gasteiger partial charge on any atom is 0.0714 e. The van der Waals surface area contributed by atoms with Gasteiger partial charge in [-0.15, -0.1) is 0 Å². The quantitative estimate of drug-likeness (QED) is 0.147. The maximum absolute atomic E-state index is 2.53. The van der Waals surface area contributed by atoms with Crippen molar-refractivity contribution in [1.82, 2.24) is 0 Å². The summed E-state index contributed by atoms with van der Waals surface area (Å²) in [5.74, 6) is 0. The minimum Gasteiger partial charge on any atom is -0.310 e. The van der Waals surface area contributed by atoms with Crippen LogP contribution in [0.1, 0.15) is 124 Å². The van der Waals surface area contributed by atoms with E-state index >= 15 is 0 Å². The van der Waals surface area contributed by atoms with E-state index in [0.29, 0.717) is 0 Å². The van der Waals surface area contributed by atoms with Crippen molar-refractivity contribution in [2.75, 3.05) is 4.90 Å². The SMILES string of the molecule is CC(C)(C)c1ccc(C2(c3ccc(C(C)(C)C)cc3)c3ccccc3-c3ccc(N(c4ccc(-c5ccccc5-c5cccc6c5C(C)(C)c5ccccc5-6)cc4)c4ccc5c(c4)C(C)(c4ccccc4)c4ccccc4-5)cc32)cc1. The van der Waals surface area contributed by atoms with Crippen molar-refractivity contribution in [3.8, 4) is 55.6 Å². The average Bonchev–Trinajstić information content (AvgIpc) is 4.27. The third-order valence-corrected chi connectivity index (χ3v) is 18.8. The van der Waals surface area contributed by atoms with Gasteiger partial charge in [0.25, 0.3) is 0 Å². The van der Waals surface area contributed by atoms with E-state index in [1.807, 2.05) is 0 Å². The number of hydrogen-bond donors (Lipinski definition) is 0. The van der Waals surface area contributed by atoms with Crippen LogP contribution in [0, 0.1) is 0 Å². The fourth-order valence-corrected chi connectivity index (χ4v) is 14.6. The number of hydrogen-bond acceptors (Lipinski definition) is 1. The molecule has 11 aromatic carbocycles. The van der Waals surface area contributed by atoms with Gasteiger partial charge in [0, 0.05) is 27.9 Å². The Hall–Kier alpha value is -8.78. The fourth-order valence-electron chi connectivity index (χ4n) is 14.6. The molecule has 1 nitrogen and oxygen atoms in total. The molecule has 14 rings (SSSR count).